The molecule has 3 aromatic carbocycles. The van der Waals surface area contributed by atoms with E-state index in [-0.39, 0.29) is 22.8 Å². The Kier molecular flexibility index (Phi) is 7.93. The quantitative estimate of drug-likeness (QED) is 0.190. The summed E-state index contributed by atoms with van der Waals surface area (Å²) in [6.45, 7) is 6.53. The fourth-order valence-electron chi connectivity index (χ4n) is 3.62. The second-order valence-corrected chi connectivity index (χ2v) is 10.2. The van der Waals surface area contributed by atoms with Crippen molar-refractivity contribution < 1.29 is 14.6 Å². The van der Waals surface area contributed by atoms with Gasteiger partial charge in [-0.25, -0.2) is 5.43 Å². The van der Waals surface area contributed by atoms with Crippen LogP contribution in [0.4, 0.5) is 0 Å². The topological polar surface area (TPSA) is 102 Å². The third-order valence-corrected chi connectivity index (χ3v) is 6.56. The van der Waals surface area contributed by atoms with Crippen LogP contribution < -0.4 is 10.2 Å². The number of aromatic hydroxyl groups is 1. The number of methoxy groups -OCH3 is 1. The number of hydrogen-bond donors (Lipinski definition) is 2. The minimum absolute atomic E-state index is 0.0450. The number of amides is 1. The molecular formula is C28H29N5O3S. The predicted molar refractivity (Wildman–Crippen MR) is 147 cm³/mol. The maximum absolute atomic E-state index is 12.5. The van der Waals surface area contributed by atoms with Crippen LogP contribution in [0, 0.1) is 0 Å². The van der Waals surface area contributed by atoms with E-state index >= 15 is 0 Å². The summed E-state index contributed by atoms with van der Waals surface area (Å²) in [5.41, 5.74) is 6.03. The van der Waals surface area contributed by atoms with Gasteiger partial charge in [-0.05, 0) is 35.2 Å². The number of carbonyl (C=O) groups excluding carboxylic acids is 1. The Morgan fingerprint density at radius 2 is 1.78 bits per heavy atom. The van der Waals surface area contributed by atoms with E-state index < -0.39 is 0 Å². The molecule has 0 saturated heterocycles. The van der Waals surface area contributed by atoms with Crippen LogP contribution in [0.1, 0.15) is 31.9 Å². The molecule has 0 aliphatic carbocycles. The van der Waals surface area contributed by atoms with Gasteiger partial charge in [-0.2, -0.15) is 5.10 Å². The van der Waals surface area contributed by atoms with Crippen LogP contribution in [-0.2, 0) is 10.2 Å². The molecule has 0 saturated carbocycles. The molecular weight excluding hydrogens is 486 g/mol. The average molecular weight is 516 g/mol. The van der Waals surface area contributed by atoms with Gasteiger partial charge in [0.05, 0.1) is 19.1 Å². The number of hydrogen-bond acceptors (Lipinski definition) is 7. The first kappa shape index (κ1) is 26.0. The Morgan fingerprint density at radius 3 is 2.46 bits per heavy atom. The molecule has 9 heteroatoms. The van der Waals surface area contributed by atoms with Gasteiger partial charge in [0, 0.05) is 16.8 Å². The number of rotatable bonds is 8. The van der Waals surface area contributed by atoms with Crippen molar-refractivity contribution >= 4 is 23.9 Å². The second kappa shape index (κ2) is 11.3. The molecule has 0 bridgehead atoms. The van der Waals surface area contributed by atoms with E-state index in [9.17, 15) is 9.90 Å². The Balaban J connectivity index is 1.51. The third kappa shape index (κ3) is 6.18. The number of para-hydroxylation sites is 2. The van der Waals surface area contributed by atoms with Gasteiger partial charge in [-0.1, -0.05) is 81.1 Å². The molecule has 0 radical (unpaired) electrons. The lowest BCUT2D eigenvalue weighted by Crippen LogP contribution is -2.20. The van der Waals surface area contributed by atoms with E-state index in [0.717, 1.165) is 11.3 Å². The number of phenols is 1. The van der Waals surface area contributed by atoms with Crippen LogP contribution in [0.25, 0.3) is 17.1 Å². The molecule has 1 heterocycles. The van der Waals surface area contributed by atoms with E-state index in [0.29, 0.717) is 22.3 Å². The molecule has 8 nitrogen and oxygen atoms in total. The Hall–Kier alpha value is -4.11. The van der Waals surface area contributed by atoms with E-state index in [1.54, 1.807) is 18.2 Å². The van der Waals surface area contributed by atoms with Crippen molar-refractivity contribution in [3.05, 3.63) is 83.9 Å². The van der Waals surface area contributed by atoms with Crippen molar-refractivity contribution in [2.75, 3.05) is 12.9 Å². The number of nitrogens with one attached hydrogen (secondary N) is 1. The number of nitrogens with zero attached hydrogens (tertiary/aromatic N) is 4. The fourth-order valence-corrected chi connectivity index (χ4v) is 4.37. The van der Waals surface area contributed by atoms with Gasteiger partial charge in [0.15, 0.2) is 22.5 Å². The summed E-state index contributed by atoms with van der Waals surface area (Å²) in [5.74, 6) is 0.741. The van der Waals surface area contributed by atoms with Crippen molar-refractivity contribution in [1.29, 1.82) is 0 Å². The molecule has 1 aromatic heterocycles. The van der Waals surface area contributed by atoms with E-state index in [2.05, 4.69) is 53.6 Å². The maximum Gasteiger partial charge on any atom is 0.250 e. The van der Waals surface area contributed by atoms with Gasteiger partial charge in [0.1, 0.15) is 0 Å². The zero-order chi connectivity index (χ0) is 26.4. The van der Waals surface area contributed by atoms with Crippen LogP contribution in [-0.4, -0.2) is 44.9 Å². The third-order valence-electron chi connectivity index (χ3n) is 5.63. The van der Waals surface area contributed by atoms with Crippen molar-refractivity contribution in [3.63, 3.8) is 0 Å². The predicted octanol–water partition coefficient (Wildman–Crippen LogP) is 5.19. The standard InChI is InChI=1S/C28H29N5O3S/c1-28(2,3)21-15-13-19(14-16-21)26-31-32-27(33(26)22-10-6-5-7-11-22)37-18-24(34)30-29-17-20-9-8-12-23(36-4)25(20)35/h5-17,35H,18H2,1-4H3,(H,30,34)/b29-17-. The number of thioether (sulfide) groups is 1. The van der Waals surface area contributed by atoms with Gasteiger partial charge < -0.3 is 9.84 Å². The molecule has 0 atom stereocenters. The van der Waals surface area contributed by atoms with Crippen molar-refractivity contribution in [1.82, 2.24) is 20.2 Å². The Morgan fingerprint density at radius 1 is 1.05 bits per heavy atom. The minimum Gasteiger partial charge on any atom is -0.504 e. The lowest BCUT2D eigenvalue weighted by atomic mass is 9.87. The van der Waals surface area contributed by atoms with Gasteiger partial charge in [0.2, 0.25) is 0 Å². The first-order valence-corrected chi connectivity index (χ1v) is 12.7. The molecule has 0 unspecified atom stereocenters. The number of hydrazone groups is 1. The summed E-state index contributed by atoms with van der Waals surface area (Å²) < 4.78 is 7.03. The van der Waals surface area contributed by atoms with E-state index in [4.69, 9.17) is 4.74 Å². The molecule has 4 aromatic rings. The molecule has 0 spiro atoms. The molecule has 4 rings (SSSR count). The zero-order valence-electron chi connectivity index (χ0n) is 21.2. The van der Waals surface area contributed by atoms with Gasteiger partial charge in [-0.3, -0.25) is 9.36 Å². The van der Waals surface area contributed by atoms with Gasteiger partial charge in [-0.15, -0.1) is 10.2 Å². The lowest BCUT2D eigenvalue weighted by molar-refractivity contribution is -0.118. The zero-order valence-corrected chi connectivity index (χ0v) is 22.0. The first-order chi connectivity index (χ1) is 17.8. The monoisotopic (exact) mass is 515 g/mol. The molecule has 0 aliphatic heterocycles. The van der Waals surface area contributed by atoms with Crippen LogP contribution >= 0.6 is 11.8 Å². The number of carbonyl (C=O) groups is 1. The summed E-state index contributed by atoms with van der Waals surface area (Å²) in [6.07, 6.45) is 1.37. The normalized spacial score (nSPS) is 11.6. The highest BCUT2D eigenvalue weighted by molar-refractivity contribution is 7.99. The van der Waals surface area contributed by atoms with Gasteiger partial charge in [0.25, 0.3) is 5.91 Å². The van der Waals surface area contributed by atoms with E-state index in [1.165, 1.54) is 30.6 Å². The fraction of sp³-hybridized carbons (Fsp3) is 0.214. The van der Waals surface area contributed by atoms with Crippen molar-refractivity contribution in [2.45, 2.75) is 31.3 Å². The largest absolute Gasteiger partial charge is 0.504 e. The van der Waals surface area contributed by atoms with Crippen molar-refractivity contribution in [2.24, 2.45) is 5.10 Å². The molecule has 190 valence electrons. The summed E-state index contributed by atoms with van der Waals surface area (Å²) in [7, 11) is 1.47. The van der Waals surface area contributed by atoms with Crippen LogP contribution in [0.2, 0.25) is 0 Å². The number of aromatic nitrogens is 3. The Bertz CT molecular complexity index is 1390. The molecule has 2 N–H and O–H groups in total. The SMILES string of the molecule is COc1cccc(/C=N\NC(=O)CSc2nnc(-c3ccc(C(C)(C)C)cc3)n2-c2ccccc2)c1O. The van der Waals surface area contributed by atoms with Crippen LogP contribution in [0.3, 0.4) is 0 Å². The highest BCUT2D eigenvalue weighted by Gasteiger charge is 2.19. The summed E-state index contributed by atoms with van der Waals surface area (Å²) in [5, 5.41) is 23.5. The summed E-state index contributed by atoms with van der Waals surface area (Å²) >= 11 is 1.26. The maximum atomic E-state index is 12.5. The lowest BCUT2D eigenvalue weighted by Gasteiger charge is -2.19. The molecule has 1 amide bonds. The second-order valence-electron chi connectivity index (χ2n) is 9.28. The highest BCUT2D eigenvalue weighted by Crippen LogP contribution is 2.30. The summed E-state index contributed by atoms with van der Waals surface area (Å²) in [4.78, 5) is 12.5. The highest BCUT2D eigenvalue weighted by atomic mass is 32.2. The van der Waals surface area contributed by atoms with Crippen LogP contribution in [0.15, 0.2) is 83.1 Å². The minimum atomic E-state index is -0.317. The number of ether oxygens (including phenoxy) is 1. The Labute approximate surface area is 220 Å². The summed E-state index contributed by atoms with van der Waals surface area (Å²) in [6, 6.07) is 23.1. The smallest absolute Gasteiger partial charge is 0.250 e. The van der Waals surface area contributed by atoms with Crippen LogP contribution in [0.5, 0.6) is 11.5 Å². The number of phenolic OH excluding ortho intramolecular Hbond substituents is 1. The molecule has 37 heavy (non-hydrogen) atoms. The van der Waals surface area contributed by atoms with Gasteiger partial charge >= 0.3 is 0 Å². The molecule has 0 fully saturated rings. The average Bonchev–Trinajstić information content (AvgIpc) is 3.32. The number of benzene rings is 3. The molecule has 0 aliphatic rings. The van der Waals surface area contributed by atoms with E-state index in [1.807, 2.05) is 47.0 Å². The van der Waals surface area contributed by atoms with Crippen molar-refractivity contribution in [3.8, 4) is 28.6 Å². The first-order valence-electron chi connectivity index (χ1n) is 11.7.